The predicted octanol–water partition coefficient (Wildman–Crippen LogP) is 1.30. The standard InChI is InChI=1S/C10H15NO3/c1-2-3-6-13-10(12)8-9-5-4-7-14-11-9/h4-5,8,11H,2-3,6-7H2,1H3. The number of unbranched alkanes of at least 4 members (excludes halogenated alkanes) is 1. The number of hydroxylamine groups is 1. The molecular formula is C10H15NO3. The second-order valence-electron chi connectivity index (χ2n) is 2.94. The van der Waals surface area contributed by atoms with E-state index >= 15 is 0 Å². The van der Waals surface area contributed by atoms with Crippen LogP contribution in [-0.2, 0) is 14.4 Å². The number of allylic oxidation sites excluding steroid dienone is 1. The highest BCUT2D eigenvalue weighted by Gasteiger charge is 2.02. The molecule has 0 amide bonds. The Morgan fingerprint density at radius 3 is 3.29 bits per heavy atom. The van der Waals surface area contributed by atoms with Crippen molar-refractivity contribution in [2.75, 3.05) is 13.2 Å². The molecule has 4 heteroatoms. The first-order valence-electron chi connectivity index (χ1n) is 4.75. The molecule has 1 N–H and O–H groups in total. The highest BCUT2D eigenvalue weighted by atomic mass is 16.6. The van der Waals surface area contributed by atoms with Crippen molar-refractivity contribution in [1.29, 1.82) is 0 Å². The number of carbonyl (C=O) groups excluding carboxylic acids is 1. The molecule has 0 saturated carbocycles. The minimum absolute atomic E-state index is 0.337. The molecule has 0 aromatic rings. The van der Waals surface area contributed by atoms with Crippen LogP contribution in [0.5, 0.6) is 0 Å². The van der Waals surface area contributed by atoms with Gasteiger partial charge in [-0.2, -0.15) is 0 Å². The predicted molar refractivity (Wildman–Crippen MR) is 52.2 cm³/mol. The van der Waals surface area contributed by atoms with Gasteiger partial charge in [-0.3, -0.25) is 10.3 Å². The van der Waals surface area contributed by atoms with Crippen LogP contribution in [0.15, 0.2) is 23.9 Å². The second kappa shape index (κ2) is 6.21. The molecule has 1 aliphatic heterocycles. The number of hydrogen-bond donors (Lipinski definition) is 1. The van der Waals surface area contributed by atoms with Crippen LogP contribution in [-0.4, -0.2) is 19.2 Å². The van der Waals surface area contributed by atoms with Crippen molar-refractivity contribution in [3.8, 4) is 0 Å². The van der Waals surface area contributed by atoms with Gasteiger partial charge in [-0.25, -0.2) is 4.79 Å². The SMILES string of the molecule is CCCCOC(=O)C=C1C=CCON1. The van der Waals surface area contributed by atoms with Crippen LogP contribution in [0.4, 0.5) is 0 Å². The molecule has 0 unspecified atom stereocenters. The van der Waals surface area contributed by atoms with Crippen molar-refractivity contribution in [2.45, 2.75) is 19.8 Å². The zero-order chi connectivity index (χ0) is 10.2. The Bertz CT molecular complexity index is 246. The van der Waals surface area contributed by atoms with Crippen LogP contribution < -0.4 is 5.48 Å². The van der Waals surface area contributed by atoms with E-state index in [1.54, 1.807) is 6.08 Å². The fourth-order valence-corrected chi connectivity index (χ4v) is 0.946. The highest BCUT2D eigenvalue weighted by molar-refractivity contribution is 5.83. The summed E-state index contributed by atoms with van der Waals surface area (Å²) in [6, 6.07) is 0. The van der Waals surface area contributed by atoms with E-state index in [0.717, 1.165) is 12.8 Å². The topological polar surface area (TPSA) is 47.6 Å². The van der Waals surface area contributed by atoms with Crippen LogP contribution in [0.3, 0.4) is 0 Å². The molecule has 0 bridgehead atoms. The Kier molecular flexibility index (Phi) is 4.78. The average Bonchev–Trinajstić information content (AvgIpc) is 2.20. The van der Waals surface area contributed by atoms with Crippen molar-refractivity contribution < 1.29 is 14.4 Å². The number of carbonyl (C=O) groups is 1. The Hall–Kier alpha value is -1.29. The molecule has 0 atom stereocenters. The summed E-state index contributed by atoms with van der Waals surface area (Å²) < 4.78 is 4.94. The molecule has 0 aliphatic carbocycles. The lowest BCUT2D eigenvalue weighted by Crippen LogP contribution is -2.18. The number of esters is 1. The summed E-state index contributed by atoms with van der Waals surface area (Å²) in [4.78, 5) is 16.1. The zero-order valence-corrected chi connectivity index (χ0v) is 8.29. The van der Waals surface area contributed by atoms with E-state index in [-0.39, 0.29) is 5.97 Å². The summed E-state index contributed by atoms with van der Waals surface area (Å²) in [7, 11) is 0. The van der Waals surface area contributed by atoms with Crippen LogP contribution >= 0.6 is 0 Å². The Balaban J connectivity index is 2.30. The first-order chi connectivity index (χ1) is 6.83. The average molecular weight is 197 g/mol. The second-order valence-corrected chi connectivity index (χ2v) is 2.94. The van der Waals surface area contributed by atoms with Gasteiger partial charge in [0.25, 0.3) is 0 Å². The third kappa shape index (κ3) is 4.09. The van der Waals surface area contributed by atoms with Crippen molar-refractivity contribution in [3.63, 3.8) is 0 Å². The molecule has 1 aliphatic rings. The molecule has 0 aromatic carbocycles. The van der Waals surface area contributed by atoms with Gasteiger partial charge in [-0.15, -0.1) is 0 Å². The van der Waals surface area contributed by atoms with Gasteiger partial charge < -0.3 is 4.74 Å². The molecule has 0 aromatic heterocycles. The summed E-state index contributed by atoms with van der Waals surface area (Å²) in [5.41, 5.74) is 3.24. The van der Waals surface area contributed by atoms with Gasteiger partial charge in [0.1, 0.15) is 0 Å². The summed E-state index contributed by atoms with van der Waals surface area (Å²) >= 11 is 0. The molecule has 1 rings (SSSR count). The summed E-state index contributed by atoms with van der Waals surface area (Å²) in [6.07, 6.45) is 6.90. The zero-order valence-electron chi connectivity index (χ0n) is 8.29. The first kappa shape index (κ1) is 10.8. The molecule has 4 nitrogen and oxygen atoms in total. The van der Waals surface area contributed by atoms with Gasteiger partial charge in [-0.1, -0.05) is 19.4 Å². The van der Waals surface area contributed by atoms with Gasteiger partial charge in [0.15, 0.2) is 0 Å². The lowest BCUT2D eigenvalue weighted by atomic mass is 10.3. The largest absolute Gasteiger partial charge is 0.462 e. The maximum absolute atomic E-state index is 11.2. The van der Waals surface area contributed by atoms with Gasteiger partial charge in [0.05, 0.1) is 18.9 Å². The lowest BCUT2D eigenvalue weighted by molar-refractivity contribution is -0.138. The van der Waals surface area contributed by atoms with Gasteiger partial charge in [-0.05, 0) is 12.5 Å². The number of rotatable bonds is 4. The third-order valence-corrected chi connectivity index (χ3v) is 1.68. The maximum Gasteiger partial charge on any atom is 0.332 e. The van der Waals surface area contributed by atoms with E-state index in [4.69, 9.17) is 9.57 Å². The molecule has 1 heterocycles. The molecule has 0 saturated heterocycles. The van der Waals surface area contributed by atoms with Crippen molar-refractivity contribution in [2.24, 2.45) is 0 Å². The van der Waals surface area contributed by atoms with Gasteiger partial charge in [0, 0.05) is 6.08 Å². The normalized spacial score (nSPS) is 17.9. The smallest absolute Gasteiger partial charge is 0.332 e. The lowest BCUT2D eigenvalue weighted by Gasteiger charge is -2.10. The Labute approximate surface area is 83.5 Å². The third-order valence-electron chi connectivity index (χ3n) is 1.68. The quantitative estimate of drug-likeness (QED) is 0.419. The maximum atomic E-state index is 11.2. The molecule has 78 valence electrons. The van der Waals surface area contributed by atoms with E-state index in [0.29, 0.717) is 18.9 Å². The fraction of sp³-hybridized carbons (Fsp3) is 0.500. The summed E-state index contributed by atoms with van der Waals surface area (Å²) in [5, 5.41) is 0. The summed E-state index contributed by atoms with van der Waals surface area (Å²) in [5.74, 6) is -0.337. The van der Waals surface area contributed by atoms with E-state index < -0.39 is 0 Å². The van der Waals surface area contributed by atoms with Crippen LogP contribution in [0, 0.1) is 0 Å². The van der Waals surface area contributed by atoms with E-state index in [1.165, 1.54) is 6.08 Å². The number of nitrogens with one attached hydrogen (secondary N) is 1. The van der Waals surface area contributed by atoms with E-state index in [2.05, 4.69) is 5.48 Å². The first-order valence-corrected chi connectivity index (χ1v) is 4.75. The van der Waals surface area contributed by atoms with Gasteiger partial charge in [0.2, 0.25) is 0 Å². The van der Waals surface area contributed by atoms with Crippen molar-refractivity contribution >= 4 is 5.97 Å². The molecule has 0 fully saturated rings. The highest BCUT2D eigenvalue weighted by Crippen LogP contribution is 1.99. The van der Waals surface area contributed by atoms with Crippen LogP contribution in [0.25, 0.3) is 0 Å². The van der Waals surface area contributed by atoms with Gasteiger partial charge >= 0.3 is 5.97 Å². The summed E-state index contributed by atoms with van der Waals surface area (Å²) in [6.45, 7) is 3.04. The Morgan fingerprint density at radius 1 is 1.79 bits per heavy atom. The fourth-order valence-electron chi connectivity index (χ4n) is 0.946. The van der Waals surface area contributed by atoms with Crippen LogP contribution in [0.1, 0.15) is 19.8 Å². The van der Waals surface area contributed by atoms with E-state index in [9.17, 15) is 4.79 Å². The molecule has 0 spiro atoms. The van der Waals surface area contributed by atoms with Crippen molar-refractivity contribution in [3.05, 3.63) is 23.9 Å². The molecular weight excluding hydrogens is 182 g/mol. The monoisotopic (exact) mass is 197 g/mol. The van der Waals surface area contributed by atoms with E-state index in [1.807, 2.05) is 13.0 Å². The Morgan fingerprint density at radius 2 is 2.64 bits per heavy atom. The minimum Gasteiger partial charge on any atom is -0.462 e. The van der Waals surface area contributed by atoms with Crippen molar-refractivity contribution in [1.82, 2.24) is 5.48 Å². The number of hydrogen-bond acceptors (Lipinski definition) is 4. The minimum atomic E-state index is -0.337. The number of ether oxygens (including phenoxy) is 1. The van der Waals surface area contributed by atoms with Crippen LogP contribution in [0.2, 0.25) is 0 Å². The molecule has 14 heavy (non-hydrogen) atoms. The molecule has 0 radical (unpaired) electrons.